The molecule has 5 rings (SSSR count). The van der Waals surface area contributed by atoms with Gasteiger partial charge in [0.05, 0.1) is 46.7 Å². The van der Waals surface area contributed by atoms with Crippen molar-refractivity contribution in [2.45, 2.75) is 30.6 Å². The lowest BCUT2D eigenvalue weighted by Gasteiger charge is -2.28. The molecule has 0 saturated carbocycles. The highest BCUT2D eigenvalue weighted by Crippen LogP contribution is 2.37. The Labute approximate surface area is 248 Å². The molecular formula is C30H34N4O8S. The number of carbonyl (C=O) groups excluding carboxylic acids is 2. The van der Waals surface area contributed by atoms with Crippen LogP contribution in [-0.4, -0.2) is 90.9 Å². The van der Waals surface area contributed by atoms with Crippen LogP contribution >= 0.6 is 0 Å². The number of nitrogens with zero attached hydrogens (tertiary/aromatic N) is 1. The summed E-state index contributed by atoms with van der Waals surface area (Å²) in [6.07, 6.45) is 0.820. The zero-order valence-corrected chi connectivity index (χ0v) is 24.6. The van der Waals surface area contributed by atoms with E-state index in [1.54, 1.807) is 19.9 Å². The summed E-state index contributed by atoms with van der Waals surface area (Å²) in [5.74, 6) is -2.13. The molecule has 1 atom stereocenters. The van der Waals surface area contributed by atoms with Crippen LogP contribution in [0.3, 0.4) is 0 Å². The molecule has 0 aliphatic carbocycles. The Hall–Kier alpha value is -4.17. The first-order valence-electron chi connectivity index (χ1n) is 13.8. The maximum absolute atomic E-state index is 13.2. The maximum atomic E-state index is 13.2. The van der Waals surface area contributed by atoms with Crippen molar-refractivity contribution in [3.8, 4) is 11.5 Å². The molecule has 2 aromatic carbocycles. The van der Waals surface area contributed by atoms with Crippen LogP contribution in [0.15, 0.2) is 41.3 Å². The van der Waals surface area contributed by atoms with Crippen molar-refractivity contribution in [3.05, 3.63) is 70.0 Å². The average molecular weight is 611 g/mol. The molecule has 1 fully saturated rings. The van der Waals surface area contributed by atoms with E-state index in [9.17, 15) is 33.3 Å². The summed E-state index contributed by atoms with van der Waals surface area (Å²) in [6, 6.07) is 8.20. The molecule has 0 bridgehead atoms. The number of ether oxygens (including phenoxy) is 1. The van der Waals surface area contributed by atoms with E-state index >= 15 is 0 Å². The van der Waals surface area contributed by atoms with Gasteiger partial charge in [-0.2, -0.15) is 0 Å². The summed E-state index contributed by atoms with van der Waals surface area (Å²) in [4.78, 5) is 31.1. The van der Waals surface area contributed by atoms with Gasteiger partial charge in [-0.25, -0.2) is 8.42 Å². The number of aliphatic hydroxyl groups excluding tert-OH is 1. The second-order valence-electron chi connectivity index (χ2n) is 10.7. The zero-order chi connectivity index (χ0) is 30.9. The summed E-state index contributed by atoms with van der Waals surface area (Å²) in [5.41, 5.74) is 2.92. The second kappa shape index (κ2) is 12.2. The van der Waals surface area contributed by atoms with Crippen LogP contribution in [0.2, 0.25) is 0 Å². The zero-order valence-electron chi connectivity index (χ0n) is 23.8. The minimum atomic E-state index is -4.02. The number of aromatic hydroxyl groups is 2. The van der Waals surface area contributed by atoms with Crippen molar-refractivity contribution in [1.29, 1.82) is 0 Å². The number of hydrogen-bond acceptors (Lipinski definition) is 9. The molecule has 0 radical (unpaired) electrons. The first-order chi connectivity index (χ1) is 20.4. The SMILES string of the molecule is Cc1[nH]c(/C=C2\C(=O)Nc3ccc(S(=O)(=O)Cc4c(O)cccc4O)cc32)c(C)c1C(=O)NCC(O)CN1CCOCC1. The summed E-state index contributed by atoms with van der Waals surface area (Å²) in [6.45, 7) is 6.64. The third-order valence-electron chi connectivity index (χ3n) is 7.66. The first kappa shape index (κ1) is 30.3. The highest BCUT2D eigenvalue weighted by atomic mass is 32.2. The highest BCUT2D eigenvalue weighted by molar-refractivity contribution is 7.90. The van der Waals surface area contributed by atoms with Crippen molar-refractivity contribution in [3.63, 3.8) is 0 Å². The molecule has 13 heteroatoms. The van der Waals surface area contributed by atoms with E-state index in [-0.39, 0.29) is 40.0 Å². The molecule has 43 heavy (non-hydrogen) atoms. The Balaban J connectivity index is 1.36. The quantitative estimate of drug-likeness (QED) is 0.197. The van der Waals surface area contributed by atoms with E-state index in [0.29, 0.717) is 53.5 Å². The number of phenols is 2. The van der Waals surface area contributed by atoms with Crippen LogP contribution in [0.4, 0.5) is 5.69 Å². The van der Waals surface area contributed by atoms with Gasteiger partial charge in [0.1, 0.15) is 11.5 Å². The number of aromatic amines is 1. The van der Waals surface area contributed by atoms with Crippen molar-refractivity contribution in [2.24, 2.45) is 0 Å². The normalized spacial score (nSPS) is 17.1. The minimum absolute atomic E-state index is 0.0717. The summed E-state index contributed by atoms with van der Waals surface area (Å²) in [5, 5.41) is 36.1. The van der Waals surface area contributed by atoms with Crippen LogP contribution in [0.25, 0.3) is 11.6 Å². The molecule has 6 N–H and O–H groups in total. The number of H-pyrrole nitrogens is 1. The number of nitrogens with one attached hydrogen (secondary N) is 3. The van der Waals surface area contributed by atoms with Crippen molar-refractivity contribution >= 4 is 39.0 Å². The van der Waals surface area contributed by atoms with Gasteiger partial charge in [-0.3, -0.25) is 14.5 Å². The number of aromatic nitrogens is 1. The number of fused-ring (bicyclic) bond motifs is 1. The van der Waals surface area contributed by atoms with E-state index < -0.39 is 27.6 Å². The molecule has 3 heterocycles. The monoisotopic (exact) mass is 610 g/mol. The second-order valence-corrected chi connectivity index (χ2v) is 12.7. The largest absolute Gasteiger partial charge is 0.507 e. The maximum Gasteiger partial charge on any atom is 0.256 e. The summed E-state index contributed by atoms with van der Waals surface area (Å²) < 4.78 is 31.8. The number of hydrogen-bond donors (Lipinski definition) is 6. The number of aryl methyl sites for hydroxylation is 1. The highest BCUT2D eigenvalue weighted by Gasteiger charge is 2.29. The van der Waals surface area contributed by atoms with Gasteiger partial charge in [0.2, 0.25) is 0 Å². The number of aliphatic hydroxyl groups is 1. The fraction of sp³-hybridized carbons (Fsp3) is 0.333. The average Bonchev–Trinajstić information content (AvgIpc) is 3.43. The molecule has 3 aromatic rings. The molecule has 228 valence electrons. The van der Waals surface area contributed by atoms with Crippen LogP contribution in [0.1, 0.15) is 38.4 Å². The molecule has 2 aliphatic heterocycles. The molecule has 1 unspecified atom stereocenters. The Morgan fingerprint density at radius 2 is 1.84 bits per heavy atom. The fourth-order valence-corrected chi connectivity index (χ4v) is 6.75. The van der Waals surface area contributed by atoms with Gasteiger partial charge in [-0.1, -0.05) is 6.07 Å². The lowest BCUT2D eigenvalue weighted by molar-refractivity contribution is -0.110. The molecule has 1 aromatic heterocycles. The van der Waals surface area contributed by atoms with E-state index in [1.165, 1.54) is 36.4 Å². The van der Waals surface area contributed by atoms with E-state index in [1.807, 2.05) is 0 Å². The Morgan fingerprint density at radius 3 is 2.53 bits per heavy atom. The Kier molecular flexibility index (Phi) is 8.60. The van der Waals surface area contributed by atoms with E-state index in [0.717, 1.165) is 13.1 Å². The standard InChI is InChI=1S/C30H34N4O8S/c1-17-25(32-18(2)28(17)30(39)31-14-19(35)15-34-8-10-42-11-9-34)13-22-21-12-20(6-7-24(21)33-29(22)38)43(40,41)16-23-26(36)4-3-5-27(23)37/h3-7,12-13,19,32,35-37H,8-11,14-16H2,1-2H3,(H,31,39)(H,33,38)/b22-13-. The molecule has 0 spiro atoms. The number of β-amino-alcohol motifs (C(OH)–C–C–N with tert-alkyl or cyclic N) is 1. The first-order valence-corrected chi connectivity index (χ1v) is 15.5. The van der Waals surface area contributed by atoms with Crippen molar-refractivity contribution in [1.82, 2.24) is 15.2 Å². The fourth-order valence-electron chi connectivity index (χ4n) is 5.34. The lowest BCUT2D eigenvalue weighted by Crippen LogP contribution is -2.44. The topological polar surface area (TPSA) is 181 Å². The smallest absolute Gasteiger partial charge is 0.256 e. The number of amides is 2. The molecule has 2 aliphatic rings. The van der Waals surface area contributed by atoms with Gasteiger partial charge in [0, 0.05) is 48.8 Å². The number of rotatable bonds is 9. The summed E-state index contributed by atoms with van der Waals surface area (Å²) in [7, 11) is -4.02. The molecular weight excluding hydrogens is 576 g/mol. The van der Waals surface area contributed by atoms with Crippen LogP contribution in [0.5, 0.6) is 11.5 Å². The van der Waals surface area contributed by atoms with Gasteiger partial charge >= 0.3 is 0 Å². The minimum Gasteiger partial charge on any atom is -0.507 e. The Morgan fingerprint density at radius 1 is 1.14 bits per heavy atom. The third kappa shape index (κ3) is 6.44. The third-order valence-corrected chi connectivity index (χ3v) is 9.30. The molecule has 2 amide bonds. The van der Waals surface area contributed by atoms with Gasteiger partial charge in [0.15, 0.2) is 9.84 Å². The van der Waals surface area contributed by atoms with Crippen LogP contribution in [-0.2, 0) is 25.1 Å². The van der Waals surface area contributed by atoms with Crippen molar-refractivity contribution in [2.75, 3.05) is 44.7 Å². The number of anilines is 1. The number of sulfone groups is 1. The van der Waals surface area contributed by atoms with Gasteiger partial charge < -0.3 is 35.7 Å². The number of benzene rings is 2. The van der Waals surface area contributed by atoms with Gasteiger partial charge in [-0.05, 0) is 55.8 Å². The predicted octanol–water partition coefficient (Wildman–Crippen LogP) is 1.93. The molecule has 1 saturated heterocycles. The van der Waals surface area contributed by atoms with Crippen LogP contribution in [0, 0.1) is 13.8 Å². The predicted molar refractivity (Wildman–Crippen MR) is 159 cm³/mol. The summed E-state index contributed by atoms with van der Waals surface area (Å²) >= 11 is 0. The number of morpholine rings is 1. The number of carbonyl (C=O) groups is 2. The van der Waals surface area contributed by atoms with Gasteiger partial charge in [-0.15, -0.1) is 0 Å². The lowest BCUT2D eigenvalue weighted by atomic mass is 10.0. The number of phenolic OH excluding ortho intramolecular Hbond substituents is 2. The van der Waals surface area contributed by atoms with E-state index in [2.05, 4.69) is 20.5 Å². The van der Waals surface area contributed by atoms with E-state index in [4.69, 9.17) is 4.74 Å². The molecule has 12 nitrogen and oxygen atoms in total. The van der Waals surface area contributed by atoms with Crippen molar-refractivity contribution < 1.29 is 38.1 Å². The van der Waals surface area contributed by atoms with Crippen LogP contribution < -0.4 is 10.6 Å². The van der Waals surface area contributed by atoms with Gasteiger partial charge in [0.25, 0.3) is 11.8 Å². The Bertz CT molecular complexity index is 1690.